The number of thioether (sulfide) groups is 1. The minimum Gasteiger partial charge on any atom is -0.459 e. The van der Waals surface area contributed by atoms with Crippen molar-refractivity contribution < 1.29 is 14.3 Å². The third-order valence-corrected chi connectivity index (χ3v) is 3.96. The predicted molar refractivity (Wildman–Crippen MR) is 68.7 cm³/mol. The zero-order chi connectivity index (χ0) is 13.3. The molecule has 1 aliphatic rings. The van der Waals surface area contributed by atoms with Crippen LogP contribution < -0.4 is 5.32 Å². The lowest BCUT2D eigenvalue weighted by atomic mass is 10.3. The third-order valence-electron chi connectivity index (χ3n) is 2.63. The van der Waals surface area contributed by atoms with Crippen molar-refractivity contribution in [2.24, 2.45) is 0 Å². The standard InChI is InChI=1S/C12H16N2O3S/c1-7(2)17-12(16)8-4-5-14-6-9(10(15)13-3)18-11(8)14/h4-5,7,9H,6H2,1-3H3,(H,13,15). The summed E-state index contributed by atoms with van der Waals surface area (Å²) < 4.78 is 7.09. The monoisotopic (exact) mass is 268 g/mol. The van der Waals surface area contributed by atoms with Gasteiger partial charge in [-0.2, -0.15) is 0 Å². The fourth-order valence-corrected chi connectivity index (χ4v) is 3.09. The highest BCUT2D eigenvalue weighted by Crippen LogP contribution is 2.36. The van der Waals surface area contributed by atoms with Crippen molar-refractivity contribution in [3.63, 3.8) is 0 Å². The van der Waals surface area contributed by atoms with Crippen LogP contribution in [0.5, 0.6) is 0 Å². The molecule has 0 saturated carbocycles. The van der Waals surface area contributed by atoms with Gasteiger partial charge in [-0.25, -0.2) is 4.79 Å². The third kappa shape index (κ3) is 2.38. The van der Waals surface area contributed by atoms with Crippen LogP contribution in [-0.2, 0) is 16.1 Å². The van der Waals surface area contributed by atoms with Crippen molar-refractivity contribution in [1.82, 2.24) is 9.88 Å². The average molecular weight is 268 g/mol. The lowest BCUT2D eigenvalue weighted by Gasteiger charge is -2.08. The van der Waals surface area contributed by atoms with Crippen molar-refractivity contribution in [2.75, 3.05) is 7.05 Å². The largest absolute Gasteiger partial charge is 0.459 e. The van der Waals surface area contributed by atoms with E-state index in [4.69, 9.17) is 4.74 Å². The molecule has 1 aromatic heterocycles. The van der Waals surface area contributed by atoms with E-state index >= 15 is 0 Å². The first kappa shape index (κ1) is 13.0. The van der Waals surface area contributed by atoms with Crippen LogP contribution in [-0.4, -0.2) is 34.8 Å². The van der Waals surface area contributed by atoms with Gasteiger partial charge in [0.2, 0.25) is 5.91 Å². The number of fused-ring (bicyclic) bond motifs is 1. The first-order valence-electron chi connectivity index (χ1n) is 5.81. The summed E-state index contributed by atoms with van der Waals surface area (Å²) in [6, 6.07) is 1.74. The normalized spacial score (nSPS) is 17.7. The summed E-state index contributed by atoms with van der Waals surface area (Å²) in [5.74, 6) is -0.351. The lowest BCUT2D eigenvalue weighted by Crippen LogP contribution is -2.29. The molecular formula is C12H16N2O3S. The van der Waals surface area contributed by atoms with Gasteiger partial charge < -0.3 is 14.6 Å². The van der Waals surface area contributed by atoms with E-state index in [1.165, 1.54) is 11.8 Å². The lowest BCUT2D eigenvalue weighted by molar-refractivity contribution is -0.120. The summed E-state index contributed by atoms with van der Waals surface area (Å²) in [5, 5.41) is 3.27. The molecule has 1 aromatic rings. The van der Waals surface area contributed by atoms with Crippen LogP contribution in [0.1, 0.15) is 24.2 Å². The fourth-order valence-electron chi connectivity index (χ4n) is 1.81. The van der Waals surface area contributed by atoms with Gasteiger partial charge in [-0.05, 0) is 19.9 Å². The number of amides is 1. The highest BCUT2D eigenvalue weighted by molar-refractivity contribution is 8.00. The summed E-state index contributed by atoms with van der Waals surface area (Å²) in [6.45, 7) is 4.22. The number of ether oxygens (including phenoxy) is 1. The molecule has 1 unspecified atom stereocenters. The number of hydrogen-bond acceptors (Lipinski definition) is 4. The number of carbonyl (C=O) groups is 2. The highest BCUT2D eigenvalue weighted by Gasteiger charge is 2.31. The maximum absolute atomic E-state index is 11.9. The van der Waals surface area contributed by atoms with Crippen LogP contribution in [0.15, 0.2) is 17.3 Å². The van der Waals surface area contributed by atoms with Gasteiger partial charge in [0.25, 0.3) is 0 Å². The van der Waals surface area contributed by atoms with E-state index in [2.05, 4.69) is 5.32 Å². The molecule has 0 fully saturated rings. The second-order valence-corrected chi connectivity index (χ2v) is 5.55. The molecule has 18 heavy (non-hydrogen) atoms. The molecule has 0 saturated heterocycles. The number of esters is 1. The summed E-state index contributed by atoms with van der Waals surface area (Å²) in [7, 11) is 1.62. The van der Waals surface area contributed by atoms with E-state index < -0.39 is 0 Å². The Bertz CT molecular complexity index is 482. The first-order valence-corrected chi connectivity index (χ1v) is 6.69. The van der Waals surface area contributed by atoms with Gasteiger partial charge in [0.1, 0.15) is 5.25 Å². The molecule has 1 N–H and O–H groups in total. The van der Waals surface area contributed by atoms with Crippen molar-refractivity contribution >= 4 is 23.6 Å². The molecule has 98 valence electrons. The second-order valence-electron chi connectivity index (χ2n) is 4.36. The molecule has 0 spiro atoms. The number of aromatic nitrogens is 1. The number of nitrogens with one attached hydrogen (secondary N) is 1. The van der Waals surface area contributed by atoms with Crippen molar-refractivity contribution in [3.8, 4) is 0 Å². The molecule has 1 amide bonds. The maximum atomic E-state index is 11.9. The van der Waals surface area contributed by atoms with Crippen LogP contribution in [0.4, 0.5) is 0 Å². The summed E-state index contributed by atoms with van der Waals surface area (Å²) in [5.41, 5.74) is 0.542. The van der Waals surface area contributed by atoms with Crippen molar-refractivity contribution in [2.45, 2.75) is 36.8 Å². The Morgan fingerprint density at radius 3 is 2.89 bits per heavy atom. The van der Waals surface area contributed by atoms with E-state index in [0.29, 0.717) is 12.1 Å². The van der Waals surface area contributed by atoms with Crippen LogP contribution >= 0.6 is 11.8 Å². The molecule has 0 bridgehead atoms. The Morgan fingerprint density at radius 1 is 1.56 bits per heavy atom. The zero-order valence-corrected chi connectivity index (χ0v) is 11.4. The number of nitrogens with zero attached hydrogens (tertiary/aromatic N) is 1. The van der Waals surface area contributed by atoms with Crippen LogP contribution in [0.3, 0.4) is 0 Å². The van der Waals surface area contributed by atoms with Crippen LogP contribution in [0.2, 0.25) is 0 Å². The van der Waals surface area contributed by atoms with Gasteiger partial charge in [-0.1, -0.05) is 11.8 Å². The molecule has 5 nitrogen and oxygen atoms in total. The Labute approximate surface area is 110 Å². The van der Waals surface area contributed by atoms with Gasteiger partial charge in [0, 0.05) is 19.8 Å². The SMILES string of the molecule is CNC(=O)C1Cn2ccc(C(=O)OC(C)C)c2S1. The molecule has 2 rings (SSSR count). The van der Waals surface area contributed by atoms with E-state index in [1.807, 2.05) is 24.6 Å². The first-order chi connectivity index (χ1) is 8.52. The second kappa shape index (κ2) is 5.06. The van der Waals surface area contributed by atoms with Crippen LogP contribution in [0, 0.1) is 0 Å². The maximum Gasteiger partial charge on any atom is 0.341 e. The molecule has 1 atom stereocenters. The zero-order valence-electron chi connectivity index (χ0n) is 10.6. The van der Waals surface area contributed by atoms with Crippen molar-refractivity contribution in [3.05, 3.63) is 17.8 Å². The van der Waals surface area contributed by atoms with E-state index in [0.717, 1.165) is 5.03 Å². The Morgan fingerprint density at radius 2 is 2.28 bits per heavy atom. The topological polar surface area (TPSA) is 60.3 Å². The highest BCUT2D eigenvalue weighted by atomic mass is 32.2. The minimum atomic E-state index is -0.330. The molecular weight excluding hydrogens is 252 g/mol. The summed E-state index contributed by atoms with van der Waals surface area (Å²) in [6.07, 6.45) is 1.68. The van der Waals surface area contributed by atoms with Gasteiger partial charge in [0.15, 0.2) is 0 Å². The molecule has 0 radical (unpaired) electrons. The minimum absolute atomic E-state index is 0.0214. The predicted octanol–water partition coefficient (Wildman–Crippen LogP) is 1.27. The Hall–Kier alpha value is -1.43. The number of carbonyl (C=O) groups excluding carboxylic acids is 2. The number of hydrogen-bond donors (Lipinski definition) is 1. The quantitative estimate of drug-likeness (QED) is 0.839. The van der Waals surface area contributed by atoms with Gasteiger partial charge in [-0.3, -0.25) is 4.79 Å². The van der Waals surface area contributed by atoms with Gasteiger partial charge in [0.05, 0.1) is 16.7 Å². The molecule has 0 aromatic carbocycles. The average Bonchev–Trinajstić information content (AvgIpc) is 2.85. The van der Waals surface area contributed by atoms with E-state index in [9.17, 15) is 9.59 Å². The molecule has 0 aliphatic carbocycles. The van der Waals surface area contributed by atoms with Crippen LogP contribution in [0.25, 0.3) is 0 Å². The molecule has 2 heterocycles. The molecule has 6 heteroatoms. The summed E-state index contributed by atoms with van der Waals surface area (Å²) >= 11 is 1.41. The van der Waals surface area contributed by atoms with Gasteiger partial charge >= 0.3 is 5.97 Å². The smallest absolute Gasteiger partial charge is 0.341 e. The van der Waals surface area contributed by atoms with Gasteiger partial charge in [-0.15, -0.1) is 0 Å². The number of rotatable bonds is 3. The van der Waals surface area contributed by atoms with E-state index in [1.54, 1.807) is 13.1 Å². The Kier molecular flexibility index (Phi) is 3.65. The van der Waals surface area contributed by atoms with E-state index in [-0.39, 0.29) is 23.2 Å². The van der Waals surface area contributed by atoms with Crippen molar-refractivity contribution in [1.29, 1.82) is 0 Å². The fraction of sp³-hybridized carbons (Fsp3) is 0.500. The molecule has 1 aliphatic heterocycles. The summed E-state index contributed by atoms with van der Waals surface area (Å²) in [4.78, 5) is 23.5. The Balaban J connectivity index is 2.15.